The predicted octanol–water partition coefficient (Wildman–Crippen LogP) is 4.13. The lowest BCUT2D eigenvalue weighted by molar-refractivity contribution is -0.136. The number of carboxylic acids is 1. The second kappa shape index (κ2) is 7.88. The number of hydrogen-bond donors (Lipinski definition) is 3. The van der Waals surface area contributed by atoms with E-state index in [4.69, 9.17) is 9.84 Å². The number of hydrogen-bond acceptors (Lipinski definition) is 5. The van der Waals surface area contributed by atoms with Crippen LogP contribution < -0.4 is 15.6 Å². The van der Waals surface area contributed by atoms with Gasteiger partial charge in [0.05, 0.1) is 26.1 Å². The maximum absolute atomic E-state index is 11.9. The molecule has 0 aliphatic rings. The van der Waals surface area contributed by atoms with Gasteiger partial charge < -0.3 is 15.2 Å². The Balaban J connectivity index is 1.90. The van der Waals surface area contributed by atoms with Crippen molar-refractivity contribution in [2.45, 2.75) is 6.42 Å². The average molecular weight is 483 g/mol. The van der Waals surface area contributed by atoms with Crippen molar-refractivity contribution < 1.29 is 14.6 Å². The first-order valence-electron chi connectivity index (χ1n) is 7.55. The van der Waals surface area contributed by atoms with Crippen LogP contribution in [0.2, 0.25) is 0 Å². The Bertz CT molecular complexity index is 1010. The number of nitrogens with one attached hydrogen (secondary N) is 2. The molecule has 0 amide bonds. The van der Waals surface area contributed by atoms with Gasteiger partial charge in [0.25, 0.3) is 5.56 Å². The molecule has 0 spiro atoms. The van der Waals surface area contributed by atoms with Crippen LogP contribution in [0.1, 0.15) is 6.42 Å². The van der Waals surface area contributed by atoms with Gasteiger partial charge in [-0.25, -0.2) is 5.10 Å². The third-order valence-corrected chi connectivity index (χ3v) is 4.70. The molecule has 0 saturated heterocycles. The zero-order valence-electron chi connectivity index (χ0n) is 13.3. The number of anilines is 1. The molecule has 0 unspecified atom stereocenters. The Morgan fingerprint density at radius 3 is 2.50 bits per heavy atom. The fourth-order valence-corrected chi connectivity index (χ4v) is 3.69. The normalized spacial score (nSPS) is 10.7. The number of benzene rings is 2. The van der Waals surface area contributed by atoms with Gasteiger partial charge in [-0.3, -0.25) is 9.59 Å². The average Bonchev–Trinajstić information content (AvgIpc) is 2.60. The number of aliphatic carboxylic acids is 1. The van der Waals surface area contributed by atoms with Crippen LogP contribution in [-0.4, -0.2) is 27.8 Å². The van der Waals surface area contributed by atoms with E-state index >= 15 is 0 Å². The van der Waals surface area contributed by atoms with E-state index in [-0.39, 0.29) is 17.9 Å². The first-order valence-corrected chi connectivity index (χ1v) is 9.14. The largest absolute Gasteiger partial charge is 0.481 e. The predicted molar refractivity (Wildman–Crippen MR) is 105 cm³/mol. The zero-order valence-corrected chi connectivity index (χ0v) is 16.4. The molecule has 26 heavy (non-hydrogen) atoms. The number of nitrogens with zero attached hydrogens (tertiary/aromatic N) is 1. The number of aromatic nitrogens is 2. The Morgan fingerprint density at radius 2 is 1.85 bits per heavy atom. The number of rotatable bonds is 6. The van der Waals surface area contributed by atoms with Gasteiger partial charge in [-0.1, -0.05) is 12.1 Å². The van der Waals surface area contributed by atoms with Gasteiger partial charge >= 0.3 is 5.97 Å². The number of carboxylic acid groups (broad SMARTS) is 1. The lowest BCUT2D eigenvalue weighted by atomic mass is 10.2. The molecule has 9 heteroatoms. The van der Waals surface area contributed by atoms with E-state index in [2.05, 4.69) is 47.4 Å². The summed E-state index contributed by atoms with van der Waals surface area (Å²) in [4.78, 5) is 22.5. The quantitative estimate of drug-likeness (QED) is 0.488. The van der Waals surface area contributed by atoms with Crippen molar-refractivity contribution in [3.63, 3.8) is 0 Å². The van der Waals surface area contributed by atoms with E-state index in [0.717, 1.165) is 5.69 Å². The van der Waals surface area contributed by atoms with Crippen molar-refractivity contribution in [1.82, 2.24) is 10.2 Å². The van der Waals surface area contributed by atoms with Crippen LogP contribution in [0.15, 0.2) is 50.1 Å². The Hall–Kier alpha value is -2.39. The Labute approximate surface area is 164 Å². The van der Waals surface area contributed by atoms with Crippen LogP contribution in [0.25, 0.3) is 10.8 Å². The Kier molecular flexibility index (Phi) is 5.58. The lowest BCUT2D eigenvalue weighted by Gasteiger charge is -2.13. The Morgan fingerprint density at radius 1 is 1.19 bits per heavy atom. The van der Waals surface area contributed by atoms with Crippen molar-refractivity contribution in [3.8, 4) is 11.6 Å². The summed E-state index contributed by atoms with van der Waals surface area (Å²) in [6, 6.07) is 10.6. The highest BCUT2D eigenvalue weighted by Crippen LogP contribution is 2.39. The maximum Gasteiger partial charge on any atom is 0.305 e. The highest BCUT2D eigenvalue weighted by atomic mass is 79.9. The molecule has 3 N–H and O–H groups in total. The van der Waals surface area contributed by atoms with Crippen LogP contribution in [0.3, 0.4) is 0 Å². The van der Waals surface area contributed by atoms with Crippen molar-refractivity contribution in [1.29, 1.82) is 0 Å². The van der Waals surface area contributed by atoms with E-state index in [9.17, 15) is 9.59 Å². The molecule has 1 aromatic heterocycles. The summed E-state index contributed by atoms with van der Waals surface area (Å²) in [6.45, 7) is 0.306. The van der Waals surface area contributed by atoms with Crippen molar-refractivity contribution in [3.05, 3.63) is 55.7 Å². The maximum atomic E-state index is 11.9. The minimum absolute atomic E-state index is 0.0147. The number of H-pyrrole nitrogens is 1. The lowest BCUT2D eigenvalue weighted by Crippen LogP contribution is -2.09. The third-order valence-electron chi connectivity index (χ3n) is 3.53. The minimum Gasteiger partial charge on any atom is -0.481 e. The topological polar surface area (TPSA) is 104 Å². The molecule has 0 bridgehead atoms. The van der Waals surface area contributed by atoms with E-state index < -0.39 is 5.97 Å². The zero-order chi connectivity index (χ0) is 18.7. The smallest absolute Gasteiger partial charge is 0.305 e. The van der Waals surface area contributed by atoms with Crippen molar-refractivity contribution in [2.75, 3.05) is 11.9 Å². The molecule has 134 valence electrons. The molecule has 0 aliphatic heterocycles. The fraction of sp³-hybridized carbons (Fsp3) is 0.118. The number of fused-ring (bicyclic) bond motifs is 1. The van der Waals surface area contributed by atoms with Crippen LogP contribution in [-0.2, 0) is 4.79 Å². The van der Waals surface area contributed by atoms with Gasteiger partial charge in [0.15, 0.2) is 5.75 Å². The highest BCUT2D eigenvalue weighted by Gasteiger charge is 2.14. The minimum atomic E-state index is -0.869. The van der Waals surface area contributed by atoms with E-state index in [1.54, 1.807) is 36.4 Å². The van der Waals surface area contributed by atoms with Gasteiger partial charge in [-0.2, -0.15) is 0 Å². The van der Waals surface area contributed by atoms with Crippen LogP contribution in [0, 0.1) is 0 Å². The van der Waals surface area contributed by atoms with Crippen molar-refractivity contribution in [2.24, 2.45) is 0 Å². The van der Waals surface area contributed by atoms with Gasteiger partial charge in [-0.15, -0.1) is 5.10 Å². The monoisotopic (exact) mass is 481 g/mol. The van der Waals surface area contributed by atoms with Crippen LogP contribution >= 0.6 is 31.9 Å². The number of ether oxygens (including phenoxy) is 1. The molecule has 3 rings (SSSR count). The summed E-state index contributed by atoms with van der Waals surface area (Å²) in [7, 11) is 0. The molecular formula is C17H13Br2N3O4. The van der Waals surface area contributed by atoms with Gasteiger partial charge in [-0.05, 0) is 56.1 Å². The molecule has 3 aromatic rings. The van der Waals surface area contributed by atoms with Crippen LogP contribution in [0.5, 0.6) is 11.6 Å². The van der Waals surface area contributed by atoms with Gasteiger partial charge in [0.1, 0.15) is 0 Å². The van der Waals surface area contributed by atoms with Crippen LogP contribution in [0.4, 0.5) is 5.69 Å². The molecule has 0 saturated carbocycles. The molecule has 0 aliphatic carbocycles. The third kappa shape index (κ3) is 4.05. The molecule has 0 atom stereocenters. The van der Waals surface area contributed by atoms with Gasteiger partial charge in [0, 0.05) is 12.2 Å². The van der Waals surface area contributed by atoms with E-state index in [0.29, 0.717) is 32.0 Å². The second-order valence-electron chi connectivity index (χ2n) is 5.35. The van der Waals surface area contributed by atoms with Gasteiger partial charge in [0.2, 0.25) is 5.88 Å². The summed E-state index contributed by atoms with van der Waals surface area (Å²) in [5.41, 5.74) is 0.445. The standard InChI is InChI=1S/C17H13Br2N3O4/c18-12-7-9(20-6-5-14(23)24)8-13(19)15(12)26-17-11-4-2-1-3-10(11)16(25)21-22-17/h1-4,7-8,20H,5-6H2,(H,21,25)(H,23,24). The fourth-order valence-electron chi connectivity index (χ4n) is 2.34. The summed E-state index contributed by atoms with van der Waals surface area (Å²) in [6.07, 6.45) is 0.0147. The number of carbonyl (C=O) groups is 1. The molecule has 1 heterocycles. The first-order chi connectivity index (χ1) is 12.5. The molecule has 0 fully saturated rings. The van der Waals surface area contributed by atoms with E-state index in [1.807, 2.05) is 0 Å². The highest BCUT2D eigenvalue weighted by molar-refractivity contribution is 9.11. The molecule has 7 nitrogen and oxygen atoms in total. The SMILES string of the molecule is O=C(O)CCNc1cc(Br)c(Oc2n[nH]c(=O)c3ccccc23)c(Br)c1. The summed E-state index contributed by atoms with van der Waals surface area (Å²) >= 11 is 6.89. The summed E-state index contributed by atoms with van der Waals surface area (Å²) < 4.78 is 7.19. The first kappa shape index (κ1) is 18.4. The summed E-state index contributed by atoms with van der Waals surface area (Å²) in [5.74, 6) is -0.113. The second-order valence-corrected chi connectivity index (χ2v) is 7.05. The number of halogens is 2. The molecule has 2 aromatic carbocycles. The number of aromatic amines is 1. The molecule has 0 radical (unpaired) electrons. The van der Waals surface area contributed by atoms with Crippen molar-refractivity contribution >= 4 is 54.3 Å². The summed E-state index contributed by atoms with van der Waals surface area (Å²) in [5, 5.41) is 19.2. The van der Waals surface area contributed by atoms with E-state index in [1.165, 1.54) is 0 Å². The molecular weight excluding hydrogens is 470 g/mol.